The number of aliphatic hydroxyl groups is 1. The summed E-state index contributed by atoms with van der Waals surface area (Å²) in [6.07, 6.45) is 2.06. The van der Waals surface area contributed by atoms with Gasteiger partial charge in [0.25, 0.3) is 0 Å². The van der Waals surface area contributed by atoms with E-state index in [2.05, 4.69) is 29.0 Å². The molecular formula is C25H27N5O3. The summed E-state index contributed by atoms with van der Waals surface area (Å²) in [5.41, 5.74) is 10.9. The highest BCUT2D eigenvalue weighted by atomic mass is 16.3. The summed E-state index contributed by atoms with van der Waals surface area (Å²) >= 11 is 0. The number of aliphatic hydroxyl groups excluding tert-OH is 1. The Hall–Kier alpha value is -3.65. The van der Waals surface area contributed by atoms with Crippen LogP contribution in [0.2, 0.25) is 0 Å². The first kappa shape index (κ1) is 21.2. The second kappa shape index (κ2) is 8.04. The molecule has 2 atom stereocenters. The summed E-state index contributed by atoms with van der Waals surface area (Å²) < 4.78 is 1.97. The lowest BCUT2D eigenvalue weighted by Crippen LogP contribution is -2.29. The zero-order valence-corrected chi connectivity index (χ0v) is 18.7. The van der Waals surface area contributed by atoms with Gasteiger partial charge in [-0.2, -0.15) is 0 Å². The Balaban J connectivity index is 1.28. The molecule has 4 N–H and O–H groups in total. The van der Waals surface area contributed by atoms with E-state index in [0.717, 1.165) is 33.3 Å². The van der Waals surface area contributed by atoms with Crippen molar-refractivity contribution >= 4 is 33.8 Å². The van der Waals surface area contributed by atoms with Gasteiger partial charge in [-0.3, -0.25) is 9.59 Å². The van der Waals surface area contributed by atoms with Gasteiger partial charge < -0.3 is 25.3 Å². The van der Waals surface area contributed by atoms with Crippen molar-refractivity contribution in [3.05, 3.63) is 65.1 Å². The number of nitrogens with zero attached hydrogens (tertiary/aromatic N) is 3. The van der Waals surface area contributed by atoms with E-state index in [0.29, 0.717) is 31.5 Å². The summed E-state index contributed by atoms with van der Waals surface area (Å²) in [5, 5.41) is 11.6. The number of aromatic nitrogens is 3. The van der Waals surface area contributed by atoms with E-state index in [1.54, 1.807) is 17.0 Å². The van der Waals surface area contributed by atoms with E-state index in [4.69, 9.17) is 5.73 Å². The van der Waals surface area contributed by atoms with Gasteiger partial charge in [-0.05, 0) is 55.3 Å². The average molecular weight is 446 g/mol. The van der Waals surface area contributed by atoms with E-state index in [9.17, 15) is 14.7 Å². The maximum atomic E-state index is 12.9. The lowest BCUT2D eigenvalue weighted by molar-refractivity contribution is -0.130. The quantitative estimate of drug-likeness (QED) is 0.438. The minimum atomic E-state index is -0.669. The second-order valence-electron chi connectivity index (χ2n) is 8.96. The van der Waals surface area contributed by atoms with Crippen LogP contribution < -0.4 is 5.73 Å². The molecule has 2 aromatic heterocycles. The second-order valence-corrected chi connectivity index (χ2v) is 8.96. The summed E-state index contributed by atoms with van der Waals surface area (Å²) in [6.45, 7) is 4.81. The van der Waals surface area contributed by atoms with Crippen LogP contribution in [0.3, 0.4) is 0 Å². The zero-order valence-electron chi connectivity index (χ0n) is 18.7. The maximum Gasteiger partial charge on any atom is 0.248 e. The Labute approximate surface area is 191 Å². The molecule has 1 fully saturated rings. The van der Waals surface area contributed by atoms with E-state index in [1.165, 1.54) is 5.56 Å². The van der Waals surface area contributed by atoms with Crippen molar-refractivity contribution in [3.8, 4) is 0 Å². The van der Waals surface area contributed by atoms with Crippen LogP contribution in [-0.4, -0.2) is 55.5 Å². The highest BCUT2D eigenvalue weighted by Gasteiger charge is 2.35. The highest BCUT2D eigenvalue weighted by Crippen LogP contribution is 2.29. The third kappa shape index (κ3) is 3.87. The molecule has 0 aliphatic carbocycles. The number of benzene rings is 2. The summed E-state index contributed by atoms with van der Waals surface area (Å²) in [7, 11) is 0. The Bertz CT molecular complexity index is 1390. The Morgan fingerprint density at radius 1 is 1.18 bits per heavy atom. The number of aryl methyl sites for hydroxylation is 3. The molecule has 2 aromatic carbocycles. The average Bonchev–Trinajstić information content (AvgIpc) is 3.47. The van der Waals surface area contributed by atoms with Gasteiger partial charge in [-0.1, -0.05) is 6.07 Å². The molecular weight excluding hydrogens is 418 g/mol. The molecule has 33 heavy (non-hydrogen) atoms. The van der Waals surface area contributed by atoms with Crippen LogP contribution >= 0.6 is 0 Å². The molecule has 0 saturated carbocycles. The number of aromatic amines is 1. The van der Waals surface area contributed by atoms with Crippen LogP contribution in [0, 0.1) is 13.8 Å². The number of nitrogens with one attached hydrogen (secondary N) is 1. The Morgan fingerprint density at radius 3 is 2.79 bits per heavy atom. The number of carbonyl (C=O) groups excluding carboxylic acids is 2. The molecule has 8 heteroatoms. The van der Waals surface area contributed by atoms with Crippen molar-refractivity contribution in [2.45, 2.75) is 38.8 Å². The minimum Gasteiger partial charge on any atom is -0.389 e. The van der Waals surface area contributed by atoms with Gasteiger partial charge in [-0.25, -0.2) is 4.98 Å². The number of β-amino-alcohol motifs (C(OH)–C–C–N with tert-alkyl or cyclic N) is 1. The van der Waals surface area contributed by atoms with Gasteiger partial charge in [0, 0.05) is 48.6 Å². The maximum absolute atomic E-state index is 12.9. The smallest absolute Gasteiger partial charge is 0.248 e. The fourth-order valence-corrected chi connectivity index (χ4v) is 4.88. The fourth-order valence-electron chi connectivity index (χ4n) is 4.88. The SMILES string of the molecule is Cc1cc(C)c2nc(CCC(=O)N3C[C@@H](O)[C@H](n4ccc5cc(C(N)=O)ccc54)C3)[nH]c2c1. The largest absolute Gasteiger partial charge is 0.389 e. The molecule has 1 aliphatic rings. The number of hydrogen-bond donors (Lipinski definition) is 3. The molecule has 1 saturated heterocycles. The third-order valence-electron chi connectivity index (χ3n) is 6.52. The number of fused-ring (bicyclic) bond motifs is 2. The predicted octanol–water partition coefficient (Wildman–Crippen LogP) is 2.61. The van der Waals surface area contributed by atoms with E-state index < -0.39 is 12.0 Å². The van der Waals surface area contributed by atoms with Crippen molar-refractivity contribution in [2.75, 3.05) is 13.1 Å². The number of primary amides is 1. The number of imidazole rings is 1. The van der Waals surface area contributed by atoms with Gasteiger partial charge >= 0.3 is 0 Å². The predicted molar refractivity (Wildman–Crippen MR) is 126 cm³/mol. The van der Waals surface area contributed by atoms with Crippen LogP contribution in [0.4, 0.5) is 0 Å². The lowest BCUT2D eigenvalue weighted by atomic mass is 10.1. The Kier molecular flexibility index (Phi) is 5.17. The van der Waals surface area contributed by atoms with Crippen molar-refractivity contribution in [2.24, 2.45) is 5.73 Å². The van der Waals surface area contributed by atoms with E-state index >= 15 is 0 Å². The van der Waals surface area contributed by atoms with Crippen LogP contribution in [0.5, 0.6) is 0 Å². The molecule has 4 aromatic rings. The minimum absolute atomic E-state index is 0.00242. The van der Waals surface area contributed by atoms with Crippen LogP contribution in [0.1, 0.15) is 39.8 Å². The summed E-state index contributed by atoms with van der Waals surface area (Å²) in [5.74, 6) is 0.319. The van der Waals surface area contributed by atoms with Crippen molar-refractivity contribution < 1.29 is 14.7 Å². The van der Waals surface area contributed by atoms with E-state index in [-0.39, 0.29) is 11.9 Å². The zero-order chi connectivity index (χ0) is 23.3. The third-order valence-corrected chi connectivity index (χ3v) is 6.52. The number of nitrogens with two attached hydrogens (primary N) is 1. The number of H-pyrrole nitrogens is 1. The van der Waals surface area contributed by atoms with Crippen LogP contribution in [-0.2, 0) is 11.2 Å². The number of amides is 2. The highest BCUT2D eigenvalue weighted by molar-refractivity contribution is 5.97. The van der Waals surface area contributed by atoms with Gasteiger partial charge in [0.1, 0.15) is 5.82 Å². The van der Waals surface area contributed by atoms with Crippen LogP contribution in [0.15, 0.2) is 42.6 Å². The van der Waals surface area contributed by atoms with Gasteiger partial charge in [0.2, 0.25) is 11.8 Å². The molecule has 0 unspecified atom stereocenters. The molecule has 170 valence electrons. The topological polar surface area (TPSA) is 117 Å². The van der Waals surface area contributed by atoms with Crippen molar-refractivity contribution in [1.82, 2.24) is 19.4 Å². The van der Waals surface area contributed by atoms with Gasteiger partial charge in [0.05, 0.1) is 23.2 Å². The number of rotatable bonds is 5. The standard InChI is InChI=1S/C25H27N5O3/c1-14-9-15(2)24-18(10-14)27-22(28-24)5-6-23(32)29-12-20(21(31)13-29)30-8-7-16-11-17(25(26)33)3-4-19(16)30/h3-4,7-11,20-21,31H,5-6,12-13H2,1-2H3,(H2,26,33)(H,27,28)/t20-,21-/m1/s1. The summed E-state index contributed by atoms with van der Waals surface area (Å²) in [6, 6.07) is 11.1. The van der Waals surface area contributed by atoms with Gasteiger partial charge in [0.15, 0.2) is 0 Å². The molecule has 1 aliphatic heterocycles. The molecule has 0 bridgehead atoms. The molecule has 5 rings (SSSR count). The van der Waals surface area contributed by atoms with E-state index in [1.807, 2.05) is 29.8 Å². The van der Waals surface area contributed by atoms with Crippen molar-refractivity contribution in [3.63, 3.8) is 0 Å². The number of carbonyl (C=O) groups is 2. The lowest BCUT2D eigenvalue weighted by Gasteiger charge is -2.18. The normalized spacial score (nSPS) is 18.5. The molecule has 2 amide bonds. The first-order valence-electron chi connectivity index (χ1n) is 11.1. The number of hydrogen-bond acceptors (Lipinski definition) is 4. The molecule has 3 heterocycles. The monoisotopic (exact) mass is 445 g/mol. The molecule has 8 nitrogen and oxygen atoms in total. The number of likely N-dealkylation sites (tertiary alicyclic amines) is 1. The van der Waals surface area contributed by atoms with Crippen LogP contribution in [0.25, 0.3) is 21.9 Å². The summed E-state index contributed by atoms with van der Waals surface area (Å²) in [4.78, 5) is 34.1. The first-order valence-corrected chi connectivity index (χ1v) is 11.1. The van der Waals surface area contributed by atoms with Crippen molar-refractivity contribution in [1.29, 1.82) is 0 Å². The molecule has 0 radical (unpaired) electrons. The van der Waals surface area contributed by atoms with Gasteiger partial charge in [-0.15, -0.1) is 0 Å². The molecule has 0 spiro atoms. The first-order chi connectivity index (χ1) is 15.8. The fraction of sp³-hybridized carbons (Fsp3) is 0.320. The Morgan fingerprint density at radius 2 is 2.00 bits per heavy atom.